The third-order valence-corrected chi connectivity index (χ3v) is 4.65. The lowest BCUT2D eigenvalue weighted by atomic mass is 9.91. The Bertz CT molecular complexity index is 661. The number of benzene rings is 1. The van der Waals surface area contributed by atoms with E-state index in [4.69, 9.17) is 0 Å². The van der Waals surface area contributed by atoms with E-state index in [9.17, 15) is 5.26 Å². The number of nitrogens with one attached hydrogen (secondary N) is 1. The molecule has 2 aromatic rings. The van der Waals surface area contributed by atoms with Crippen LogP contribution >= 0.6 is 0 Å². The molecule has 110 valence electrons. The molecule has 0 radical (unpaired) electrons. The fourth-order valence-electron chi connectivity index (χ4n) is 3.17. The molecule has 1 aromatic carbocycles. The Kier molecular flexibility index (Phi) is 3.71. The van der Waals surface area contributed by atoms with Gasteiger partial charge in [0.1, 0.15) is 5.54 Å². The average molecular weight is 282 g/mol. The number of likely N-dealkylation sites (N-methyl/N-ethyl adjacent to an activating group) is 1. The normalized spacial score (nSPS) is 20.2. The second kappa shape index (κ2) is 5.51. The lowest BCUT2D eigenvalue weighted by Crippen LogP contribution is -2.55. The minimum Gasteiger partial charge on any atom is -0.361 e. The molecule has 1 aliphatic heterocycles. The quantitative estimate of drug-likeness (QED) is 0.939. The van der Waals surface area contributed by atoms with Crippen LogP contribution < -0.4 is 0 Å². The predicted octanol–water partition coefficient (Wildman–Crippen LogP) is 2.24. The highest BCUT2D eigenvalue weighted by molar-refractivity contribution is 5.83. The molecule has 3 rings (SSSR count). The zero-order valence-electron chi connectivity index (χ0n) is 12.8. The van der Waals surface area contributed by atoms with E-state index in [1.54, 1.807) is 0 Å². The van der Waals surface area contributed by atoms with E-state index in [0.717, 1.165) is 38.1 Å². The lowest BCUT2D eigenvalue weighted by Gasteiger charge is -2.41. The third kappa shape index (κ3) is 2.67. The summed E-state index contributed by atoms with van der Waals surface area (Å²) in [5.41, 5.74) is 1.94. The van der Waals surface area contributed by atoms with Gasteiger partial charge >= 0.3 is 0 Å². The summed E-state index contributed by atoms with van der Waals surface area (Å²) < 4.78 is 0. The molecular formula is C17H22N4. The summed E-state index contributed by atoms with van der Waals surface area (Å²) in [6.45, 7) is 6.06. The van der Waals surface area contributed by atoms with Crippen molar-refractivity contribution in [1.29, 1.82) is 5.26 Å². The van der Waals surface area contributed by atoms with E-state index < -0.39 is 5.54 Å². The highest BCUT2D eigenvalue weighted by Gasteiger charge is 2.34. The number of H-pyrrole nitrogens is 1. The number of piperazine rings is 1. The molecule has 4 nitrogen and oxygen atoms in total. The molecule has 1 saturated heterocycles. The van der Waals surface area contributed by atoms with Gasteiger partial charge in [-0.1, -0.05) is 18.2 Å². The van der Waals surface area contributed by atoms with E-state index in [-0.39, 0.29) is 0 Å². The SMILES string of the molecule is CN1CCN(C(C)(C#N)Cc2c[nH]c3ccccc23)CC1. The molecule has 21 heavy (non-hydrogen) atoms. The van der Waals surface area contributed by atoms with Crippen molar-refractivity contribution in [2.75, 3.05) is 33.2 Å². The van der Waals surface area contributed by atoms with Crippen molar-refractivity contribution < 1.29 is 0 Å². The van der Waals surface area contributed by atoms with Crippen LogP contribution in [0.4, 0.5) is 0 Å². The molecule has 1 N–H and O–H groups in total. The van der Waals surface area contributed by atoms with Gasteiger partial charge in [-0.2, -0.15) is 5.26 Å². The van der Waals surface area contributed by atoms with Crippen molar-refractivity contribution in [3.8, 4) is 6.07 Å². The van der Waals surface area contributed by atoms with Crippen LogP contribution in [0.3, 0.4) is 0 Å². The Morgan fingerprint density at radius 2 is 1.95 bits per heavy atom. The largest absolute Gasteiger partial charge is 0.361 e. The first-order valence-electron chi connectivity index (χ1n) is 7.52. The minimum atomic E-state index is -0.438. The van der Waals surface area contributed by atoms with Gasteiger partial charge in [-0.25, -0.2) is 0 Å². The maximum absolute atomic E-state index is 9.76. The van der Waals surface area contributed by atoms with Crippen LogP contribution in [0.1, 0.15) is 12.5 Å². The number of para-hydroxylation sites is 1. The Hall–Kier alpha value is -1.83. The Labute approximate surface area is 126 Å². The molecular weight excluding hydrogens is 260 g/mol. The van der Waals surface area contributed by atoms with Crippen molar-refractivity contribution in [2.24, 2.45) is 0 Å². The molecule has 0 saturated carbocycles. The number of rotatable bonds is 3. The van der Waals surface area contributed by atoms with Crippen molar-refractivity contribution in [3.63, 3.8) is 0 Å². The number of aromatic nitrogens is 1. The Morgan fingerprint density at radius 3 is 2.67 bits per heavy atom. The summed E-state index contributed by atoms with van der Waals surface area (Å²) in [5.74, 6) is 0. The van der Waals surface area contributed by atoms with Crippen LogP contribution in [0.25, 0.3) is 10.9 Å². The van der Waals surface area contributed by atoms with E-state index in [1.165, 1.54) is 10.9 Å². The van der Waals surface area contributed by atoms with Crippen molar-refractivity contribution in [3.05, 3.63) is 36.0 Å². The van der Waals surface area contributed by atoms with Gasteiger partial charge in [-0.05, 0) is 25.6 Å². The summed E-state index contributed by atoms with van der Waals surface area (Å²) in [4.78, 5) is 7.96. The van der Waals surface area contributed by atoms with Crippen LogP contribution in [-0.4, -0.2) is 53.5 Å². The predicted molar refractivity (Wildman–Crippen MR) is 85.1 cm³/mol. The fraction of sp³-hybridized carbons (Fsp3) is 0.471. The maximum atomic E-state index is 9.76. The zero-order chi connectivity index (χ0) is 14.9. The molecule has 1 aliphatic rings. The van der Waals surface area contributed by atoms with Gasteiger partial charge in [0, 0.05) is 49.7 Å². The number of nitriles is 1. The van der Waals surface area contributed by atoms with Crippen LogP contribution in [-0.2, 0) is 6.42 Å². The fourth-order valence-corrected chi connectivity index (χ4v) is 3.17. The number of hydrogen-bond acceptors (Lipinski definition) is 3. The minimum absolute atomic E-state index is 0.438. The second-order valence-corrected chi connectivity index (χ2v) is 6.21. The van der Waals surface area contributed by atoms with Crippen LogP contribution in [0.15, 0.2) is 30.5 Å². The molecule has 0 bridgehead atoms. The molecule has 0 aliphatic carbocycles. The third-order valence-electron chi connectivity index (χ3n) is 4.65. The van der Waals surface area contributed by atoms with Crippen LogP contribution in [0.5, 0.6) is 0 Å². The number of nitrogens with zero attached hydrogens (tertiary/aromatic N) is 3. The van der Waals surface area contributed by atoms with Gasteiger partial charge in [0.15, 0.2) is 0 Å². The number of aromatic amines is 1. The Morgan fingerprint density at radius 1 is 1.24 bits per heavy atom. The summed E-state index contributed by atoms with van der Waals surface area (Å²) in [6, 6.07) is 10.9. The maximum Gasteiger partial charge on any atom is 0.110 e. The lowest BCUT2D eigenvalue weighted by molar-refractivity contribution is 0.0837. The first-order valence-corrected chi connectivity index (χ1v) is 7.52. The van der Waals surface area contributed by atoms with Gasteiger partial charge < -0.3 is 9.88 Å². The molecule has 2 heterocycles. The number of fused-ring (bicyclic) bond motifs is 1. The molecule has 0 amide bonds. The first kappa shape index (κ1) is 14.1. The van der Waals surface area contributed by atoms with Gasteiger partial charge in [-0.3, -0.25) is 4.90 Å². The highest BCUT2D eigenvalue weighted by atomic mass is 15.3. The highest BCUT2D eigenvalue weighted by Crippen LogP contribution is 2.26. The van der Waals surface area contributed by atoms with Gasteiger partial charge in [0.2, 0.25) is 0 Å². The standard InChI is InChI=1S/C17H22N4/c1-17(13-18,21-9-7-20(2)8-10-21)11-14-12-19-16-6-4-3-5-15(14)16/h3-6,12,19H,7-11H2,1-2H3. The monoisotopic (exact) mass is 282 g/mol. The van der Waals surface area contributed by atoms with Gasteiger partial charge in [-0.15, -0.1) is 0 Å². The topological polar surface area (TPSA) is 46.1 Å². The van der Waals surface area contributed by atoms with Gasteiger partial charge in [0.25, 0.3) is 0 Å². The molecule has 1 fully saturated rings. The summed E-state index contributed by atoms with van der Waals surface area (Å²) in [7, 11) is 2.14. The average Bonchev–Trinajstić information content (AvgIpc) is 2.91. The second-order valence-electron chi connectivity index (χ2n) is 6.21. The summed E-state index contributed by atoms with van der Waals surface area (Å²) in [5, 5.41) is 11.0. The molecule has 4 heteroatoms. The number of hydrogen-bond donors (Lipinski definition) is 1. The van der Waals surface area contributed by atoms with E-state index in [0.29, 0.717) is 0 Å². The van der Waals surface area contributed by atoms with Crippen LogP contribution in [0.2, 0.25) is 0 Å². The van der Waals surface area contributed by atoms with E-state index >= 15 is 0 Å². The molecule has 1 aromatic heterocycles. The van der Waals surface area contributed by atoms with E-state index in [1.807, 2.05) is 6.07 Å². The van der Waals surface area contributed by atoms with Crippen molar-refractivity contribution in [1.82, 2.24) is 14.8 Å². The van der Waals surface area contributed by atoms with Crippen molar-refractivity contribution >= 4 is 10.9 Å². The molecule has 1 unspecified atom stereocenters. The Balaban J connectivity index is 1.85. The van der Waals surface area contributed by atoms with E-state index in [2.05, 4.69) is 59.2 Å². The smallest absolute Gasteiger partial charge is 0.110 e. The zero-order valence-corrected chi connectivity index (χ0v) is 12.8. The summed E-state index contributed by atoms with van der Waals surface area (Å²) >= 11 is 0. The van der Waals surface area contributed by atoms with Gasteiger partial charge in [0.05, 0.1) is 6.07 Å². The first-order chi connectivity index (χ1) is 10.1. The summed E-state index contributed by atoms with van der Waals surface area (Å²) in [6.07, 6.45) is 2.81. The molecule has 0 spiro atoms. The van der Waals surface area contributed by atoms with Crippen molar-refractivity contribution in [2.45, 2.75) is 18.9 Å². The molecule has 1 atom stereocenters. The van der Waals surface area contributed by atoms with Crippen LogP contribution in [0, 0.1) is 11.3 Å².